The van der Waals surface area contributed by atoms with Crippen LogP contribution in [0.25, 0.3) is 0 Å². The van der Waals surface area contributed by atoms with Crippen molar-refractivity contribution >= 4 is 0 Å². The molecule has 0 saturated heterocycles. The molecule has 0 amide bonds. The van der Waals surface area contributed by atoms with Crippen LogP contribution in [0.3, 0.4) is 0 Å². The Morgan fingerprint density at radius 2 is 1.70 bits per heavy atom. The maximum Gasteiger partial charge on any atom is 0.125 e. The SMILES string of the molecule is C=CC/C=C\C/C=C\CCCCCCCc1cccc(OCCC)c1CO. The summed E-state index contributed by atoms with van der Waals surface area (Å²) >= 11 is 0. The van der Waals surface area contributed by atoms with Gasteiger partial charge in [-0.3, -0.25) is 0 Å². The first-order chi connectivity index (χ1) is 13.3. The lowest BCUT2D eigenvalue weighted by atomic mass is 10.00. The van der Waals surface area contributed by atoms with Gasteiger partial charge in [0.05, 0.1) is 13.2 Å². The Morgan fingerprint density at radius 3 is 2.48 bits per heavy atom. The van der Waals surface area contributed by atoms with Crippen LogP contribution >= 0.6 is 0 Å². The Morgan fingerprint density at radius 1 is 0.963 bits per heavy atom. The van der Waals surface area contributed by atoms with Gasteiger partial charge >= 0.3 is 0 Å². The zero-order chi connectivity index (χ0) is 19.6. The second kappa shape index (κ2) is 16.4. The second-order valence-corrected chi connectivity index (χ2v) is 6.91. The topological polar surface area (TPSA) is 29.5 Å². The highest BCUT2D eigenvalue weighted by Crippen LogP contribution is 2.24. The van der Waals surface area contributed by atoms with E-state index in [2.05, 4.69) is 43.9 Å². The van der Waals surface area contributed by atoms with E-state index in [4.69, 9.17) is 4.74 Å². The number of aryl methyl sites for hydroxylation is 1. The van der Waals surface area contributed by atoms with Crippen molar-refractivity contribution in [3.63, 3.8) is 0 Å². The first kappa shape index (κ1) is 23.2. The molecule has 2 heteroatoms. The van der Waals surface area contributed by atoms with E-state index in [0.29, 0.717) is 6.61 Å². The van der Waals surface area contributed by atoms with Crippen LogP contribution in [0.5, 0.6) is 5.75 Å². The van der Waals surface area contributed by atoms with E-state index in [1.165, 1.54) is 44.1 Å². The van der Waals surface area contributed by atoms with Gasteiger partial charge in [0.1, 0.15) is 5.75 Å². The number of ether oxygens (including phenoxy) is 1. The normalized spacial score (nSPS) is 11.5. The first-order valence-electron chi connectivity index (χ1n) is 10.6. The van der Waals surface area contributed by atoms with Crippen LogP contribution in [0.2, 0.25) is 0 Å². The maximum absolute atomic E-state index is 9.71. The quantitative estimate of drug-likeness (QED) is 0.252. The average Bonchev–Trinajstić information content (AvgIpc) is 2.69. The van der Waals surface area contributed by atoms with Crippen molar-refractivity contribution in [3.8, 4) is 5.75 Å². The molecule has 1 aromatic carbocycles. The molecule has 0 atom stereocenters. The Hall–Kier alpha value is -1.80. The smallest absolute Gasteiger partial charge is 0.125 e. The third-order valence-electron chi connectivity index (χ3n) is 4.58. The van der Waals surface area contributed by atoms with Crippen LogP contribution in [-0.4, -0.2) is 11.7 Å². The molecule has 2 nitrogen and oxygen atoms in total. The zero-order valence-electron chi connectivity index (χ0n) is 17.2. The molecule has 0 aromatic heterocycles. The van der Waals surface area contributed by atoms with E-state index < -0.39 is 0 Å². The number of benzene rings is 1. The van der Waals surface area contributed by atoms with Crippen molar-refractivity contribution in [2.24, 2.45) is 0 Å². The molecule has 0 fully saturated rings. The fraction of sp³-hybridized carbons (Fsp3) is 0.520. The standard InChI is InChI=1S/C25H38O2/c1-3-5-6-7-8-9-10-11-12-13-14-15-16-18-23-19-17-20-25(24(23)22-26)27-21-4-2/h3,6-7,9-10,17,19-20,26H,1,4-5,8,11-16,18,21-22H2,2H3/b7-6-,10-9-. The number of aliphatic hydroxyl groups excluding tert-OH is 1. The molecule has 0 radical (unpaired) electrons. The zero-order valence-corrected chi connectivity index (χ0v) is 17.2. The highest BCUT2D eigenvalue weighted by atomic mass is 16.5. The molecular weight excluding hydrogens is 332 g/mol. The molecule has 27 heavy (non-hydrogen) atoms. The van der Waals surface area contributed by atoms with E-state index >= 15 is 0 Å². The van der Waals surface area contributed by atoms with Crippen molar-refractivity contribution in [2.45, 2.75) is 77.7 Å². The van der Waals surface area contributed by atoms with Crippen LogP contribution in [0.1, 0.15) is 75.8 Å². The van der Waals surface area contributed by atoms with Crippen LogP contribution in [0.4, 0.5) is 0 Å². The minimum absolute atomic E-state index is 0.0599. The highest BCUT2D eigenvalue weighted by Gasteiger charge is 2.08. The molecule has 0 aliphatic carbocycles. The van der Waals surface area contributed by atoms with Crippen LogP contribution < -0.4 is 4.74 Å². The molecule has 0 aliphatic heterocycles. The van der Waals surface area contributed by atoms with Crippen molar-refractivity contribution in [1.82, 2.24) is 0 Å². The fourth-order valence-corrected chi connectivity index (χ4v) is 3.06. The number of aliphatic hydroxyl groups is 1. The van der Waals surface area contributed by atoms with E-state index in [1.807, 2.05) is 18.2 Å². The fourth-order valence-electron chi connectivity index (χ4n) is 3.06. The number of hydrogen-bond acceptors (Lipinski definition) is 2. The first-order valence-corrected chi connectivity index (χ1v) is 10.6. The van der Waals surface area contributed by atoms with Crippen LogP contribution in [0.15, 0.2) is 55.2 Å². The second-order valence-electron chi connectivity index (χ2n) is 6.91. The minimum Gasteiger partial charge on any atom is -0.493 e. The lowest BCUT2D eigenvalue weighted by molar-refractivity contribution is 0.261. The molecule has 0 unspecified atom stereocenters. The van der Waals surface area contributed by atoms with Gasteiger partial charge in [-0.25, -0.2) is 0 Å². The molecule has 0 saturated carbocycles. The summed E-state index contributed by atoms with van der Waals surface area (Å²) in [6.07, 6.45) is 22.3. The summed E-state index contributed by atoms with van der Waals surface area (Å²) in [5.74, 6) is 0.850. The molecule has 0 aliphatic rings. The molecule has 1 rings (SSSR count). The molecule has 0 bridgehead atoms. The highest BCUT2D eigenvalue weighted by molar-refractivity contribution is 5.40. The summed E-state index contributed by atoms with van der Waals surface area (Å²) in [7, 11) is 0. The predicted molar refractivity (Wildman–Crippen MR) is 117 cm³/mol. The number of allylic oxidation sites excluding steroid dienone is 5. The van der Waals surface area contributed by atoms with E-state index in [9.17, 15) is 5.11 Å². The average molecular weight is 371 g/mol. The summed E-state index contributed by atoms with van der Waals surface area (Å²) in [6, 6.07) is 6.13. The summed E-state index contributed by atoms with van der Waals surface area (Å²) in [5, 5.41) is 9.71. The van der Waals surface area contributed by atoms with E-state index in [0.717, 1.165) is 37.0 Å². The number of hydrogen-bond donors (Lipinski definition) is 1. The van der Waals surface area contributed by atoms with Crippen molar-refractivity contribution < 1.29 is 9.84 Å². The summed E-state index contributed by atoms with van der Waals surface area (Å²) in [6.45, 7) is 6.56. The summed E-state index contributed by atoms with van der Waals surface area (Å²) in [5.41, 5.74) is 2.21. The maximum atomic E-state index is 9.71. The van der Waals surface area contributed by atoms with Crippen molar-refractivity contribution in [3.05, 3.63) is 66.3 Å². The van der Waals surface area contributed by atoms with Gasteiger partial charge in [0, 0.05) is 5.56 Å². The van der Waals surface area contributed by atoms with Crippen LogP contribution in [-0.2, 0) is 13.0 Å². The molecular formula is C25H38O2. The number of unbranched alkanes of at least 4 members (excludes halogenated alkanes) is 5. The third-order valence-corrected chi connectivity index (χ3v) is 4.58. The van der Waals surface area contributed by atoms with E-state index in [-0.39, 0.29) is 6.61 Å². The van der Waals surface area contributed by atoms with Gasteiger partial charge < -0.3 is 9.84 Å². The Balaban J connectivity index is 2.16. The molecule has 1 N–H and O–H groups in total. The molecule has 0 heterocycles. The Labute approximate surface area is 166 Å². The van der Waals surface area contributed by atoms with Crippen molar-refractivity contribution in [2.75, 3.05) is 6.61 Å². The summed E-state index contributed by atoms with van der Waals surface area (Å²) in [4.78, 5) is 0. The van der Waals surface area contributed by atoms with Gasteiger partial charge in [-0.05, 0) is 56.6 Å². The number of rotatable bonds is 16. The van der Waals surface area contributed by atoms with Gasteiger partial charge in [0.15, 0.2) is 0 Å². The van der Waals surface area contributed by atoms with Crippen LogP contribution in [0, 0.1) is 0 Å². The van der Waals surface area contributed by atoms with Gasteiger partial charge in [0.25, 0.3) is 0 Å². The van der Waals surface area contributed by atoms with Gasteiger partial charge in [-0.2, -0.15) is 0 Å². The lowest BCUT2D eigenvalue weighted by Crippen LogP contribution is -2.02. The van der Waals surface area contributed by atoms with Gasteiger partial charge in [-0.15, -0.1) is 6.58 Å². The minimum atomic E-state index is 0.0599. The Kier molecular flexibility index (Phi) is 14.1. The Bertz CT molecular complexity index is 557. The van der Waals surface area contributed by atoms with Crippen molar-refractivity contribution in [1.29, 1.82) is 0 Å². The van der Waals surface area contributed by atoms with Gasteiger partial charge in [0.2, 0.25) is 0 Å². The predicted octanol–water partition coefficient (Wildman–Crippen LogP) is 6.93. The van der Waals surface area contributed by atoms with Gasteiger partial charge in [-0.1, -0.05) is 68.7 Å². The molecule has 0 spiro atoms. The van der Waals surface area contributed by atoms with E-state index in [1.54, 1.807) is 0 Å². The molecule has 150 valence electrons. The third kappa shape index (κ3) is 10.8. The summed E-state index contributed by atoms with van der Waals surface area (Å²) < 4.78 is 5.76. The lowest BCUT2D eigenvalue weighted by Gasteiger charge is -2.13. The largest absolute Gasteiger partial charge is 0.493 e. The monoisotopic (exact) mass is 370 g/mol. The molecule has 1 aromatic rings.